The van der Waals surface area contributed by atoms with Crippen molar-refractivity contribution in [1.82, 2.24) is 9.97 Å². The quantitative estimate of drug-likeness (QED) is 0.758. The molecule has 2 N–H and O–H groups in total. The summed E-state index contributed by atoms with van der Waals surface area (Å²) in [7, 11) is 0. The van der Waals surface area contributed by atoms with Crippen LogP contribution >= 0.6 is 11.6 Å². The first kappa shape index (κ1) is 9.60. The number of rotatable bonds is 0. The number of nitrogens with zero attached hydrogens (tertiary/aromatic N) is 2. The SMILES string of the molecule is Nc1ncc2c(n1)-c1ccc(Cl)cc1CC2. The van der Waals surface area contributed by atoms with Crippen LogP contribution in [0.1, 0.15) is 11.1 Å². The van der Waals surface area contributed by atoms with Crippen molar-refractivity contribution in [3.05, 3.63) is 40.5 Å². The normalized spacial score (nSPS) is 13.1. The van der Waals surface area contributed by atoms with Gasteiger partial charge in [-0.3, -0.25) is 0 Å². The zero-order valence-electron chi connectivity index (χ0n) is 8.57. The van der Waals surface area contributed by atoms with Gasteiger partial charge in [-0.25, -0.2) is 9.97 Å². The Balaban J connectivity index is 2.25. The Kier molecular flexibility index (Phi) is 2.07. The third-order valence-corrected chi connectivity index (χ3v) is 3.10. The highest BCUT2D eigenvalue weighted by Gasteiger charge is 2.18. The van der Waals surface area contributed by atoms with E-state index in [2.05, 4.69) is 9.97 Å². The van der Waals surface area contributed by atoms with Crippen LogP contribution in [-0.2, 0) is 12.8 Å². The third kappa shape index (κ3) is 1.44. The minimum absolute atomic E-state index is 0.321. The molecule has 80 valence electrons. The number of aromatic nitrogens is 2. The van der Waals surface area contributed by atoms with Crippen LogP contribution in [0, 0.1) is 0 Å². The maximum atomic E-state index is 5.98. The van der Waals surface area contributed by atoms with Crippen LogP contribution in [0.4, 0.5) is 5.95 Å². The summed E-state index contributed by atoms with van der Waals surface area (Å²) in [6.07, 6.45) is 3.74. The van der Waals surface area contributed by atoms with Gasteiger partial charge in [-0.15, -0.1) is 0 Å². The number of hydrogen-bond donors (Lipinski definition) is 1. The molecule has 1 aromatic heterocycles. The zero-order valence-corrected chi connectivity index (χ0v) is 9.33. The van der Waals surface area contributed by atoms with Gasteiger partial charge in [0.25, 0.3) is 0 Å². The van der Waals surface area contributed by atoms with Crippen molar-refractivity contribution >= 4 is 17.5 Å². The molecule has 0 amide bonds. The predicted molar refractivity (Wildman–Crippen MR) is 64.3 cm³/mol. The predicted octanol–water partition coefficient (Wildman–Crippen LogP) is 2.48. The third-order valence-electron chi connectivity index (χ3n) is 2.87. The van der Waals surface area contributed by atoms with E-state index in [9.17, 15) is 0 Å². The molecule has 0 bridgehead atoms. The number of fused-ring (bicyclic) bond motifs is 3. The fourth-order valence-corrected chi connectivity index (χ4v) is 2.30. The van der Waals surface area contributed by atoms with Gasteiger partial charge in [0, 0.05) is 16.8 Å². The Morgan fingerprint density at radius 2 is 2.00 bits per heavy atom. The highest BCUT2D eigenvalue weighted by molar-refractivity contribution is 6.30. The van der Waals surface area contributed by atoms with Crippen LogP contribution in [0.2, 0.25) is 5.02 Å². The van der Waals surface area contributed by atoms with Crippen LogP contribution in [-0.4, -0.2) is 9.97 Å². The molecule has 0 radical (unpaired) electrons. The number of nitrogen functional groups attached to an aromatic ring is 1. The van der Waals surface area contributed by atoms with Gasteiger partial charge in [0.05, 0.1) is 5.69 Å². The summed E-state index contributed by atoms with van der Waals surface area (Å²) < 4.78 is 0. The molecule has 0 spiro atoms. The van der Waals surface area contributed by atoms with Gasteiger partial charge in [0.15, 0.2) is 0 Å². The molecule has 1 aliphatic rings. The molecule has 0 unspecified atom stereocenters. The molecular formula is C12H10ClN3. The highest BCUT2D eigenvalue weighted by atomic mass is 35.5. The van der Waals surface area contributed by atoms with Gasteiger partial charge in [0.1, 0.15) is 0 Å². The van der Waals surface area contributed by atoms with Crippen molar-refractivity contribution in [3.8, 4) is 11.3 Å². The van der Waals surface area contributed by atoms with Gasteiger partial charge in [-0.05, 0) is 36.1 Å². The van der Waals surface area contributed by atoms with E-state index in [1.165, 1.54) is 5.56 Å². The Bertz CT molecular complexity index is 566. The first-order valence-corrected chi connectivity index (χ1v) is 5.52. The fourth-order valence-electron chi connectivity index (χ4n) is 2.11. The van der Waals surface area contributed by atoms with E-state index >= 15 is 0 Å². The first-order chi connectivity index (χ1) is 7.74. The molecule has 1 aromatic carbocycles. The smallest absolute Gasteiger partial charge is 0.220 e. The molecule has 0 atom stereocenters. The molecule has 0 aliphatic heterocycles. The average Bonchev–Trinajstić information content (AvgIpc) is 2.28. The second-order valence-corrected chi connectivity index (χ2v) is 4.34. The Morgan fingerprint density at radius 3 is 2.88 bits per heavy atom. The van der Waals surface area contributed by atoms with E-state index in [0.29, 0.717) is 5.95 Å². The summed E-state index contributed by atoms with van der Waals surface area (Å²) in [5, 5.41) is 0.768. The average molecular weight is 232 g/mol. The molecule has 1 aliphatic carbocycles. The van der Waals surface area contributed by atoms with E-state index in [-0.39, 0.29) is 0 Å². The summed E-state index contributed by atoms with van der Waals surface area (Å²) in [5.41, 5.74) is 10.1. The first-order valence-electron chi connectivity index (χ1n) is 5.14. The lowest BCUT2D eigenvalue weighted by Gasteiger charge is -2.18. The summed E-state index contributed by atoms with van der Waals surface area (Å²) in [6, 6.07) is 5.88. The van der Waals surface area contributed by atoms with E-state index < -0.39 is 0 Å². The summed E-state index contributed by atoms with van der Waals surface area (Å²) in [4.78, 5) is 8.33. The maximum absolute atomic E-state index is 5.98. The van der Waals surface area contributed by atoms with Crippen LogP contribution in [0.25, 0.3) is 11.3 Å². The van der Waals surface area contributed by atoms with Gasteiger partial charge >= 0.3 is 0 Å². The van der Waals surface area contributed by atoms with E-state index in [1.54, 1.807) is 0 Å². The van der Waals surface area contributed by atoms with Crippen molar-refractivity contribution in [3.63, 3.8) is 0 Å². The zero-order chi connectivity index (χ0) is 11.1. The summed E-state index contributed by atoms with van der Waals surface area (Å²) in [5.74, 6) is 0.321. The molecule has 0 saturated carbocycles. The molecule has 4 heteroatoms. The van der Waals surface area contributed by atoms with Crippen molar-refractivity contribution in [1.29, 1.82) is 0 Å². The standard InChI is InChI=1S/C12H10ClN3/c13-9-3-4-10-7(5-9)1-2-8-6-15-12(14)16-11(8)10/h3-6H,1-2H2,(H2,14,15,16). The second kappa shape index (κ2) is 3.46. The topological polar surface area (TPSA) is 51.8 Å². The lowest BCUT2D eigenvalue weighted by molar-refractivity contribution is 0.914. The van der Waals surface area contributed by atoms with Crippen LogP contribution < -0.4 is 5.73 Å². The lowest BCUT2D eigenvalue weighted by Crippen LogP contribution is -2.08. The van der Waals surface area contributed by atoms with Gasteiger partial charge < -0.3 is 5.73 Å². The summed E-state index contributed by atoms with van der Waals surface area (Å²) >= 11 is 5.98. The minimum atomic E-state index is 0.321. The molecule has 2 aromatic rings. The lowest BCUT2D eigenvalue weighted by atomic mass is 9.90. The minimum Gasteiger partial charge on any atom is -0.368 e. The maximum Gasteiger partial charge on any atom is 0.220 e. The number of aryl methyl sites for hydroxylation is 2. The van der Waals surface area contributed by atoms with Gasteiger partial charge in [-0.2, -0.15) is 0 Å². The van der Waals surface area contributed by atoms with Crippen molar-refractivity contribution in [2.24, 2.45) is 0 Å². The Hall–Kier alpha value is -1.61. The number of benzene rings is 1. The number of nitrogens with two attached hydrogens (primary N) is 1. The molecule has 3 rings (SSSR count). The van der Waals surface area contributed by atoms with Crippen LogP contribution in [0.5, 0.6) is 0 Å². The monoisotopic (exact) mass is 231 g/mol. The second-order valence-electron chi connectivity index (χ2n) is 3.90. The number of anilines is 1. The molecule has 0 fully saturated rings. The van der Waals surface area contributed by atoms with Crippen molar-refractivity contribution in [2.45, 2.75) is 12.8 Å². The van der Waals surface area contributed by atoms with E-state index in [0.717, 1.165) is 34.7 Å². The van der Waals surface area contributed by atoms with Gasteiger partial charge in [-0.1, -0.05) is 17.7 Å². The highest BCUT2D eigenvalue weighted by Crippen LogP contribution is 2.33. The van der Waals surface area contributed by atoms with E-state index in [1.807, 2.05) is 24.4 Å². The number of halogens is 1. The molecular weight excluding hydrogens is 222 g/mol. The molecule has 16 heavy (non-hydrogen) atoms. The fraction of sp³-hybridized carbons (Fsp3) is 0.167. The van der Waals surface area contributed by atoms with Crippen molar-refractivity contribution in [2.75, 3.05) is 5.73 Å². The molecule has 1 heterocycles. The summed E-state index contributed by atoms with van der Waals surface area (Å²) in [6.45, 7) is 0. The van der Waals surface area contributed by atoms with Crippen LogP contribution in [0.15, 0.2) is 24.4 Å². The number of hydrogen-bond acceptors (Lipinski definition) is 3. The van der Waals surface area contributed by atoms with Crippen LogP contribution in [0.3, 0.4) is 0 Å². The largest absolute Gasteiger partial charge is 0.368 e. The molecule has 3 nitrogen and oxygen atoms in total. The van der Waals surface area contributed by atoms with Gasteiger partial charge in [0.2, 0.25) is 5.95 Å². The molecule has 0 saturated heterocycles. The van der Waals surface area contributed by atoms with Crippen molar-refractivity contribution < 1.29 is 0 Å². The van der Waals surface area contributed by atoms with E-state index in [4.69, 9.17) is 17.3 Å². The Morgan fingerprint density at radius 1 is 1.19 bits per heavy atom. The Labute approximate surface area is 98.3 Å².